The van der Waals surface area contributed by atoms with Gasteiger partial charge in [-0.25, -0.2) is 9.48 Å². The highest BCUT2D eigenvalue weighted by Crippen LogP contribution is 2.27. The molecule has 3 aromatic rings. The lowest BCUT2D eigenvalue weighted by Crippen LogP contribution is -2.40. The van der Waals surface area contributed by atoms with Gasteiger partial charge in [-0.2, -0.15) is 5.10 Å². The summed E-state index contributed by atoms with van der Waals surface area (Å²) in [5, 5.41) is 10.2. The Morgan fingerprint density at radius 2 is 1.76 bits per heavy atom. The van der Waals surface area contributed by atoms with E-state index in [4.69, 9.17) is 4.74 Å². The van der Waals surface area contributed by atoms with Gasteiger partial charge in [0.15, 0.2) is 0 Å². The van der Waals surface area contributed by atoms with E-state index in [2.05, 4.69) is 15.7 Å². The molecule has 1 aliphatic rings. The summed E-state index contributed by atoms with van der Waals surface area (Å²) in [5.74, 6) is 1.46. The number of nitrogens with zero attached hydrogens (tertiary/aromatic N) is 3. The van der Waals surface area contributed by atoms with Crippen LogP contribution in [-0.2, 0) is 11.2 Å². The lowest BCUT2D eigenvalue weighted by atomic mass is 10.0. The highest BCUT2D eigenvalue weighted by molar-refractivity contribution is 5.99. The molecular weight excluding hydrogens is 418 g/mol. The number of ether oxygens (including phenoxy) is 1. The fourth-order valence-corrected chi connectivity index (χ4v) is 4.17. The molecule has 0 saturated carbocycles. The molecule has 1 aliphatic heterocycles. The molecule has 4 rings (SSSR count). The maximum atomic E-state index is 12.8. The Hall–Kier alpha value is -3.81. The number of anilines is 2. The van der Waals surface area contributed by atoms with E-state index in [9.17, 15) is 9.59 Å². The van der Waals surface area contributed by atoms with Crippen molar-refractivity contribution in [1.82, 2.24) is 14.7 Å². The second kappa shape index (κ2) is 10.2. The number of methoxy groups -OCH3 is 1. The monoisotopic (exact) mass is 447 g/mol. The molecule has 0 radical (unpaired) electrons. The van der Waals surface area contributed by atoms with E-state index in [-0.39, 0.29) is 18.0 Å². The number of carbonyl (C=O) groups excluding carboxylic acids is 2. The lowest BCUT2D eigenvalue weighted by Gasteiger charge is -2.33. The fraction of sp³-hybridized carbons (Fsp3) is 0.320. The van der Waals surface area contributed by atoms with Crippen molar-refractivity contribution in [2.45, 2.75) is 32.2 Å². The van der Waals surface area contributed by atoms with E-state index in [0.29, 0.717) is 25.3 Å². The smallest absolute Gasteiger partial charge is 0.324 e. The Labute approximate surface area is 193 Å². The molecule has 0 bridgehead atoms. The number of aromatic nitrogens is 2. The molecule has 1 aromatic heterocycles. The highest BCUT2D eigenvalue weighted by Gasteiger charge is 2.26. The first-order valence-electron chi connectivity index (χ1n) is 11.1. The molecule has 2 aromatic carbocycles. The normalized spacial score (nSPS) is 14.1. The Kier molecular flexibility index (Phi) is 6.92. The van der Waals surface area contributed by atoms with Crippen molar-refractivity contribution in [2.24, 2.45) is 0 Å². The molecular formula is C25H29N5O3. The molecule has 33 heavy (non-hydrogen) atoms. The van der Waals surface area contributed by atoms with E-state index in [1.807, 2.05) is 65.0 Å². The number of carbonyl (C=O) groups is 2. The van der Waals surface area contributed by atoms with Gasteiger partial charge in [-0.1, -0.05) is 36.4 Å². The van der Waals surface area contributed by atoms with E-state index in [1.54, 1.807) is 19.4 Å². The van der Waals surface area contributed by atoms with Crippen LogP contribution in [0.15, 0.2) is 60.8 Å². The predicted molar refractivity (Wildman–Crippen MR) is 128 cm³/mol. The zero-order valence-electron chi connectivity index (χ0n) is 19.0. The zero-order chi connectivity index (χ0) is 23.2. The number of likely N-dealkylation sites (tertiary alicyclic amines) is 1. The number of hydrogen-bond acceptors (Lipinski definition) is 4. The van der Waals surface area contributed by atoms with Crippen LogP contribution in [0.25, 0.3) is 0 Å². The van der Waals surface area contributed by atoms with E-state index >= 15 is 0 Å². The van der Waals surface area contributed by atoms with Gasteiger partial charge in [0, 0.05) is 30.4 Å². The molecule has 8 heteroatoms. The summed E-state index contributed by atoms with van der Waals surface area (Å²) < 4.78 is 7.21. The van der Waals surface area contributed by atoms with E-state index < -0.39 is 0 Å². The summed E-state index contributed by atoms with van der Waals surface area (Å²) in [6.07, 6.45) is 3.55. The van der Waals surface area contributed by atoms with Crippen LogP contribution < -0.4 is 15.4 Å². The number of hydrogen-bond donors (Lipinski definition) is 2. The Balaban J connectivity index is 1.33. The zero-order valence-corrected chi connectivity index (χ0v) is 19.0. The van der Waals surface area contributed by atoms with Gasteiger partial charge in [-0.15, -0.1) is 0 Å². The summed E-state index contributed by atoms with van der Waals surface area (Å²) >= 11 is 0. The van der Waals surface area contributed by atoms with Crippen LogP contribution in [0.1, 0.15) is 30.0 Å². The van der Waals surface area contributed by atoms with Crippen molar-refractivity contribution >= 4 is 23.4 Å². The van der Waals surface area contributed by atoms with E-state index in [0.717, 1.165) is 35.4 Å². The minimum absolute atomic E-state index is 0.0920. The number of piperidine rings is 1. The predicted octanol–water partition coefficient (Wildman–Crippen LogP) is 4.25. The van der Waals surface area contributed by atoms with Crippen molar-refractivity contribution < 1.29 is 14.3 Å². The van der Waals surface area contributed by atoms with Crippen LogP contribution in [0.4, 0.5) is 16.3 Å². The summed E-state index contributed by atoms with van der Waals surface area (Å²) in [7, 11) is 1.62. The van der Waals surface area contributed by atoms with Crippen molar-refractivity contribution in [3.8, 4) is 5.75 Å². The fourth-order valence-electron chi connectivity index (χ4n) is 4.17. The van der Waals surface area contributed by atoms with Gasteiger partial charge in [-0.3, -0.25) is 10.1 Å². The molecule has 0 atom stereocenters. The van der Waals surface area contributed by atoms with Gasteiger partial charge < -0.3 is 15.0 Å². The number of nitrogens with one attached hydrogen (secondary N) is 2. The molecule has 2 heterocycles. The maximum absolute atomic E-state index is 12.8. The summed E-state index contributed by atoms with van der Waals surface area (Å²) in [6, 6.07) is 16.8. The Morgan fingerprint density at radius 3 is 2.52 bits per heavy atom. The van der Waals surface area contributed by atoms with Gasteiger partial charge in [-0.05, 0) is 37.5 Å². The molecule has 1 saturated heterocycles. The first-order valence-corrected chi connectivity index (χ1v) is 11.1. The summed E-state index contributed by atoms with van der Waals surface area (Å²) in [4.78, 5) is 27.2. The molecule has 1 fully saturated rings. The minimum Gasteiger partial charge on any atom is -0.496 e. The quantitative estimate of drug-likeness (QED) is 0.591. The number of para-hydroxylation sites is 2. The van der Waals surface area contributed by atoms with Crippen LogP contribution in [0.5, 0.6) is 5.75 Å². The number of amides is 3. The van der Waals surface area contributed by atoms with Crippen molar-refractivity contribution in [3.05, 3.63) is 71.9 Å². The minimum atomic E-state index is -0.310. The average Bonchev–Trinajstić information content (AvgIpc) is 3.29. The third-order valence-corrected chi connectivity index (χ3v) is 6.00. The van der Waals surface area contributed by atoms with Gasteiger partial charge >= 0.3 is 6.03 Å². The van der Waals surface area contributed by atoms with Crippen LogP contribution in [0.2, 0.25) is 0 Å². The highest BCUT2D eigenvalue weighted by atomic mass is 16.5. The molecule has 8 nitrogen and oxygen atoms in total. The van der Waals surface area contributed by atoms with Gasteiger partial charge in [0.05, 0.1) is 25.8 Å². The molecule has 172 valence electrons. The number of urea groups is 1. The van der Waals surface area contributed by atoms with Gasteiger partial charge in [0.1, 0.15) is 11.6 Å². The number of benzene rings is 2. The van der Waals surface area contributed by atoms with E-state index in [1.165, 1.54) is 0 Å². The number of rotatable bonds is 6. The third-order valence-electron chi connectivity index (χ3n) is 6.00. The van der Waals surface area contributed by atoms with Crippen LogP contribution in [-0.4, -0.2) is 46.8 Å². The van der Waals surface area contributed by atoms with Gasteiger partial charge in [0.25, 0.3) is 0 Å². The van der Waals surface area contributed by atoms with Crippen LogP contribution >= 0.6 is 0 Å². The third kappa shape index (κ3) is 5.34. The molecule has 0 aliphatic carbocycles. The van der Waals surface area contributed by atoms with Gasteiger partial charge in [0.2, 0.25) is 5.91 Å². The SMILES string of the molecule is COc1ccccc1CC(=O)N1CCC(n2nccc2NC(=O)Nc2ccccc2C)CC1. The molecule has 0 unspecified atom stereocenters. The van der Waals surface area contributed by atoms with Crippen molar-refractivity contribution in [3.63, 3.8) is 0 Å². The topological polar surface area (TPSA) is 88.5 Å². The Morgan fingerprint density at radius 1 is 1.03 bits per heavy atom. The van der Waals surface area contributed by atoms with Crippen LogP contribution in [0, 0.1) is 6.92 Å². The second-order valence-corrected chi connectivity index (χ2v) is 8.16. The first kappa shape index (κ1) is 22.4. The largest absolute Gasteiger partial charge is 0.496 e. The summed E-state index contributed by atoms with van der Waals surface area (Å²) in [5.41, 5.74) is 2.65. The molecule has 0 spiro atoms. The van der Waals surface area contributed by atoms with Crippen LogP contribution in [0.3, 0.4) is 0 Å². The molecule has 3 amide bonds. The molecule has 2 N–H and O–H groups in total. The number of aryl methyl sites for hydroxylation is 1. The Bertz CT molecular complexity index is 1120. The first-order chi connectivity index (χ1) is 16.0. The average molecular weight is 448 g/mol. The lowest BCUT2D eigenvalue weighted by molar-refractivity contribution is -0.131. The standard InChI is InChI=1S/C25H29N5O3/c1-18-7-3-5-9-21(18)27-25(32)28-23-11-14-26-30(23)20-12-15-29(16-13-20)24(31)17-19-8-4-6-10-22(19)33-2/h3-11,14,20H,12-13,15-17H2,1-2H3,(H2,27,28,32). The van der Waals surface area contributed by atoms with Crippen molar-refractivity contribution in [2.75, 3.05) is 30.8 Å². The maximum Gasteiger partial charge on any atom is 0.324 e. The van der Waals surface area contributed by atoms with Crippen molar-refractivity contribution in [1.29, 1.82) is 0 Å². The summed E-state index contributed by atoms with van der Waals surface area (Å²) in [6.45, 7) is 3.24. The second-order valence-electron chi connectivity index (χ2n) is 8.16.